The molecule has 2 atom stereocenters. The summed E-state index contributed by atoms with van der Waals surface area (Å²) in [5, 5.41) is 4.80. The van der Waals surface area contributed by atoms with Crippen LogP contribution >= 0.6 is 0 Å². The minimum absolute atomic E-state index is 0.000562. The average molecular weight is 356 g/mol. The summed E-state index contributed by atoms with van der Waals surface area (Å²) in [6, 6.07) is 8.59. The molecule has 2 unspecified atom stereocenters. The van der Waals surface area contributed by atoms with E-state index in [4.69, 9.17) is 0 Å². The number of carbonyl (C=O) groups is 2. The van der Waals surface area contributed by atoms with Gasteiger partial charge in [-0.1, -0.05) is 49.6 Å². The maximum absolute atomic E-state index is 12.9. The first kappa shape index (κ1) is 18.5. The van der Waals surface area contributed by atoms with Crippen LogP contribution in [0.4, 0.5) is 0 Å². The number of unbranched alkanes of at least 4 members (excludes halogenated alkanes) is 1. The molecule has 2 heterocycles. The van der Waals surface area contributed by atoms with Crippen molar-refractivity contribution >= 4 is 11.8 Å². The molecule has 2 aliphatic heterocycles. The fourth-order valence-electron chi connectivity index (χ4n) is 3.50. The average Bonchev–Trinajstić information content (AvgIpc) is 3.06. The van der Waals surface area contributed by atoms with Gasteiger partial charge in [-0.25, -0.2) is 5.43 Å². The van der Waals surface area contributed by atoms with Gasteiger partial charge in [0.15, 0.2) is 0 Å². The molecule has 0 bridgehead atoms. The number of hydrogen-bond acceptors (Lipinski definition) is 4. The van der Waals surface area contributed by atoms with E-state index in [1.54, 1.807) is 4.90 Å². The van der Waals surface area contributed by atoms with Crippen molar-refractivity contribution in [3.8, 4) is 0 Å². The fraction of sp³-hybridized carbons (Fsp3) is 0.500. The molecule has 2 amide bonds. The molecule has 26 heavy (non-hydrogen) atoms. The highest BCUT2D eigenvalue weighted by molar-refractivity contribution is 5.94. The first-order chi connectivity index (χ1) is 12.5. The monoisotopic (exact) mass is 356 g/mol. The zero-order valence-corrected chi connectivity index (χ0v) is 15.8. The van der Waals surface area contributed by atoms with Crippen LogP contribution in [-0.2, 0) is 9.59 Å². The molecule has 1 aromatic rings. The van der Waals surface area contributed by atoms with Crippen LogP contribution in [0.25, 0.3) is 0 Å². The third-order valence-corrected chi connectivity index (χ3v) is 5.01. The second-order valence-electron chi connectivity index (χ2n) is 7.15. The lowest BCUT2D eigenvalue weighted by atomic mass is 10.0. The Morgan fingerprint density at radius 2 is 2.04 bits per heavy atom. The van der Waals surface area contributed by atoms with Gasteiger partial charge < -0.3 is 10.2 Å². The first-order valence-corrected chi connectivity index (χ1v) is 9.37. The maximum Gasteiger partial charge on any atom is 0.272 e. The van der Waals surface area contributed by atoms with Crippen molar-refractivity contribution in [3.63, 3.8) is 0 Å². The highest BCUT2D eigenvalue weighted by Crippen LogP contribution is 2.31. The van der Waals surface area contributed by atoms with Gasteiger partial charge in [-0.3, -0.25) is 14.6 Å². The molecule has 0 spiro atoms. The highest BCUT2D eigenvalue weighted by atomic mass is 16.2. The molecule has 6 nitrogen and oxygen atoms in total. The lowest BCUT2D eigenvalue weighted by Crippen LogP contribution is -2.58. The van der Waals surface area contributed by atoms with E-state index in [9.17, 15) is 9.59 Å². The minimum atomic E-state index is -0.124. The van der Waals surface area contributed by atoms with Crippen LogP contribution in [0.3, 0.4) is 0 Å². The lowest BCUT2D eigenvalue weighted by molar-refractivity contribution is -0.135. The van der Waals surface area contributed by atoms with Crippen molar-refractivity contribution in [1.82, 2.24) is 20.7 Å². The van der Waals surface area contributed by atoms with E-state index in [1.807, 2.05) is 11.1 Å². The molecule has 3 rings (SSSR count). The predicted octanol–water partition coefficient (Wildman–Crippen LogP) is 2.23. The topological polar surface area (TPSA) is 64.7 Å². The number of amides is 2. The predicted molar refractivity (Wildman–Crippen MR) is 101 cm³/mol. The van der Waals surface area contributed by atoms with E-state index in [2.05, 4.69) is 48.9 Å². The van der Waals surface area contributed by atoms with Gasteiger partial charge in [0.1, 0.15) is 5.70 Å². The summed E-state index contributed by atoms with van der Waals surface area (Å²) in [5.41, 5.74) is 6.56. The number of hydrogen-bond donors (Lipinski definition) is 2. The molecular weight excluding hydrogens is 328 g/mol. The van der Waals surface area contributed by atoms with Gasteiger partial charge >= 0.3 is 0 Å². The molecule has 140 valence electrons. The van der Waals surface area contributed by atoms with Gasteiger partial charge in [0.25, 0.3) is 5.91 Å². The summed E-state index contributed by atoms with van der Waals surface area (Å²) in [6.45, 7) is 6.59. The quantitative estimate of drug-likeness (QED) is 0.820. The van der Waals surface area contributed by atoms with Gasteiger partial charge in [-0.05, 0) is 25.0 Å². The molecule has 0 aromatic heterocycles. The number of rotatable bonds is 6. The molecule has 2 aliphatic rings. The van der Waals surface area contributed by atoms with Crippen molar-refractivity contribution in [3.05, 3.63) is 47.2 Å². The van der Waals surface area contributed by atoms with Crippen LogP contribution < -0.4 is 10.7 Å². The van der Waals surface area contributed by atoms with E-state index in [0.29, 0.717) is 12.2 Å². The Bertz CT molecular complexity index is 698. The van der Waals surface area contributed by atoms with Crippen LogP contribution in [0.15, 0.2) is 36.0 Å². The first-order valence-electron chi connectivity index (χ1n) is 9.37. The van der Waals surface area contributed by atoms with Crippen molar-refractivity contribution < 1.29 is 9.59 Å². The number of nitrogens with zero attached hydrogens (tertiary/aromatic N) is 2. The third-order valence-electron chi connectivity index (χ3n) is 5.01. The van der Waals surface area contributed by atoms with Crippen LogP contribution in [0.2, 0.25) is 0 Å². The summed E-state index contributed by atoms with van der Waals surface area (Å²) < 4.78 is 0. The molecule has 0 radical (unpaired) electrons. The molecule has 6 heteroatoms. The van der Waals surface area contributed by atoms with Gasteiger partial charge in [-0.2, -0.15) is 0 Å². The highest BCUT2D eigenvalue weighted by Gasteiger charge is 2.40. The van der Waals surface area contributed by atoms with Gasteiger partial charge in [0, 0.05) is 13.5 Å². The number of piperazine rings is 1. The van der Waals surface area contributed by atoms with E-state index in [1.165, 1.54) is 12.5 Å². The van der Waals surface area contributed by atoms with Gasteiger partial charge in [-0.15, -0.1) is 0 Å². The fourth-order valence-corrected chi connectivity index (χ4v) is 3.50. The number of carbonyl (C=O) groups excluding carboxylic acids is 2. The summed E-state index contributed by atoms with van der Waals surface area (Å²) >= 11 is 0. The smallest absolute Gasteiger partial charge is 0.272 e. The van der Waals surface area contributed by atoms with Crippen molar-refractivity contribution in [2.24, 2.45) is 0 Å². The number of benzene rings is 1. The zero-order valence-electron chi connectivity index (χ0n) is 15.8. The Kier molecular flexibility index (Phi) is 5.61. The van der Waals surface area contributed by atoms with E-state index in [-0.39, 0.29) is 30.6 Å². The molecule has 2 N–H and O–H groups in total. The molecule has 1 saturated heterocycles. The molecule has 0 saturated carbocycles. The summed E-state index contributed by atoms with van der Waals surface area (Å²) in [6.07, 6.45) is 5.23. The lowest BCUT2D eigenvalue weighted by Gasteiger charge is -2.41. The minimum Gasteiger partial charge on any atom is -0.339 e. The Labute approximate surface area is 155 Å². The number of aryl methyl sites for hydroxylation is 1. The van der Waals surface area contributed by atoms with Crippen LogP contribution in [0.1, 0.15) is 50.3 Å². The third kappa shape index (κ3) is 3.90. The van der Waals surface area contributed by atoms with Crippen LogP contribution in [-0.4, -0.2) is 41.0 Å². The van der Waals surface area contributed by atoms with Crippen molar-refractivity contribution in [1.29, 1.82) is 0 Å². The number of fused-ring (bicyclic) bond motifs is 1. The standard InChI is InChI=1S/C20H28N4O2/c1-4-5-6-17-12-23(13-21-15(3)25)20(26)19-11-18(22-24(17)19)16-9-7-14(2)8-10-16/h7-11,17-18,22H,4-6,12-13H2,1-3H3,(H,21,25). The summed E-state index contributed by atoms with van der Waals surface area (Å²) in [4.78, 5) is 25.9. The van der Waals surface area contributed by atoms with Crippen molar-refractivity contribution in [2.75, 3.05) is 13.2 Å². The SMILES string of the molecule is CCCCC1CN(CNC(C)=O)C(=O)C2=CC(c3ccc(C)cc3)NN21. The van der Waals surface area contributed by atoms with Crippen LogP contribution in [0, 0.1) is 6.92 Å². The maximum atomic E-state index is 12.9. The molecule has 1 aromatic carbocycles. The zero-order chi connectivity index (χ0) is 18.7. The van der Waals surface area contributed by atoms with Gasteiger partial charge in [0.2, 0.25) is 5.91 Å². The molecule has 0 aliphatic carbocycles. The largest absolute Gasteiger partial charge is 0.339 e. The Morgan fingerprint density at radius 1 is 1.31 bits per heavy atom. The molecular formula is C20H28N4O2. The normalized spacial score (nSPS) is 22.3. The van der Waals surface area contributed by atoms with E-state index < -0.39 is 0 Å². The molecule has 1 fully saturated rings. The van der Waals surface area contributed by atoms with E-state index in [0.717, 1.165) is 24.8 Å². The van der Waals surface area contributed by atoms with Crippen LogP contribution in [0.5, 0.6) is 0 Å². The van der Waals surface area contributed by atoms with Gasteiger partial charge in [0.05, 0.1) is 18.8 Å². The second kappa shape index (κ2) is 7.91. The second-order valence-corrected chi connectivity index (χ2v) is 7.15. The number of hydrazine groups is 1. The van der Waals surface area contributed by atoms with Crippen molar-refractivity contribution in [2.45, 2.75) is 52.1 Å². The Morgan fingerprint density at radius 3 is 2.69 bits per heavy atom. The number of nitrogens with one attached hydrogen (secondary N) is 2. The van der Waals surface area contributed by atoms with E-state index >= 15 is 0 Å². The Balaban J connectivity index is 1.82. The summed E-state index contributed by atoms with van der Waals surface area (Å²) in [7, 11) is 0. The Hall–Kier alpha value is -2.34. The summed E-state index contributed by atoms with van der Waals surface area (Å²) in [5.74, 6) is -0.157.